The minimum atomic E-state index is -1.91. The summed E-state index contributed by atoms with van der Waals surface area (Å²) < 4.78 is 4.37. The minimum Gasteiger partial charge on any atom is -0.468 e. The largest absolute Gasteiger partial charge is 0.468 e. The highest BCUT2D eigenvalue weighted by Crippen LogP contribution is 2.28. The van der Waals surface area contributed by atoms with Crippen LogP contribution in [0.15, 0.2) is 0 Å². The molecule has 74 valence electrons. The summed E-state index contributed by atoms with van der Waals surface area (Å²) in [5.74, 6) is -3.91. The van der Waals surface area contributed by atoms with E-state index in [1.165, 1.54) is 7.11 Å². The zero-order chi connectivity index (χ0) is 10.1. The van der Waals surface area contributed by atoms with Crippen molar-refractivity contribution < 1.29 is 24.5 Å². The third kappa shape index (κ3) is 2.26. The van der Waals surface area contributed by atoms with Gasteiger partial charge < -0.3 is 14.9 Å². The molecule has 2 N–H and O–H groups in total. The summed E-state index contributed by atoms with van der Waals surface area (Å²) in [7, 11) is 1.17. The summed E-state index contributed by atoms with van der Waals surface area (Å²) >= 11 is 0. The summed E-state index contributed by atoms with van der Waals surface area (Å²) in [5, 5.41) is 18.4. The van der Waals surface area contributed by atoms with Crippen molar-refractivity contribution in [1.29, 1.82) is 0 Å². The molecule has 1 aliphatic carbocycles. The van der Waals surface area contributed by atoms with Gasteiger partial charge in [0.2, 0.25) is 0 Å². The maximum Gasteiger partial charge on any atom is 0.316 e. The van der Waals surface area contributed by atoms with Crippen LogP contribution in [0.5, 0.6) is 0 Å². The molecule has 1 saturated carbocycles. The molecular weight excluding hydrogens is 176 g/mol. The van der Waals surface area contributed by atoms with Crippen molar-refractivity contribution in [2.75, 3.05) is 7.11 Å². The summed E-state index contributed by atoms with van der Waals surface area (Å²) in [4.78, 5) is 22.2. The molecule has 5 heteroatoms. The molecule has 0 radical (unpaired) electrons. The lowest BCUT2D eigenvalue weighted by Crippen LogP contribution is -2.42. The first-order chi connectivity index (χ1) is 5.96. The SMILES string of the molecule is COC(=O)C1CC(O)(O)CCC1=O. The first-order valence-corrected chi connectivity index (χ1v) is 4.01. The molecule has 1 rings (SSSR count). The van der Waals surface area contributed by atoms with E-state index < -0.39 is 17.7 Å². The van der Waals surface area contributed by atoms with E-state index in [4.69, 9.17) is 0 Å². The van der Waals surface area contributed by atoms with Crippen LogP contribution in [0.25, 0.3) is 0 Å². The molecule has 0 saturated heterocycles. The van der Waals surface area contributed by atoms with Crippen LogP contribution in [0.3, 0.4) is 0 Å². The molecule has 0 aliphatic heterocycles. The normalized spacial score (nSPS) is 27.0. The van der Waals surface area contributed by atoms with E-state index in [1.54, 1.807) is 0 Å². The van der Waals surface area contributed by atoms with E-state index in [9.17, 15) is 19.8 Å². The lowest BCUT2D eigenvalue weighted by Gasteiger charge is -2.29. The molecular formula is C8H12O5. The van der Waals surface area contributed by atoms with Gasteiger partial charge in [0.15, 0.2) is 5.79 Å². The van der Waals surface area contributed by atoms with E-state index in [-0.39, 0.29) is 25.0 Å². The van der Waals surface area contributed by atoms with Gasteiger partial charge in [-0.05, 0) is 0 Å². The van der Waals surface area contributed by atoms with E-state index in [0.717, 1.165) is 0 Å². The number of Topliss-reactive ketones (excluding diaryl/α,β-unsaturated/α-hetero) is 1. The fourth-order valence-corrected chi connectivity index (χ4v) is 1.40. The lowest BCUT2D eigenvalue weighted by molar-refractivity contribution is -0.198. The van der Waals surface area contributed by atoms with Gasteiger partial charge in [0.25, 0.3) is 0 Å². The first kappa shape index (κ1) is 10.1. The second kappa shape index (κ2) is 3.43. The third-order valence-corrected chi connectivity index (χ3v) is 2.18. The van der Waals surface area contributed by atoms with E-state index in [2.05, 4.69) is 4.74 Å². The molecule has 0 aromatic heterocycles. The van der Waals surface area contributed by atoms with E-state index >= 15 is 0 Å². The highest BCUT2D eigenvalue weighted by Gasteiger charge is 2.41. The van der Waals surface area contributed by atoms with Crippen molar-refractivity contribution in [3.8, 4) is 0 Å². The van der Waals surface area contributed by atoms with Crippen molar-refractivity contribution in [2.45, 2.75) is 25.0 Å². The van der Waals surface area contributed by atoms with Gasteiger partial charge in [0.1, 0.15) is 11.7 Å². The van der Waals surface area contributed by atoms with Crippen LogP contribution >= 0.6 is 0 Å². The fourth-order valence-electron chi connectivity index (χ4n) is 1.40. The van der Waals surface area contributed by atoms with Crippen LogP contribution in [0, 0.1) is 5.92 Å². The molecule has 1 atom stereocenters. The van der Waals surface area contributed by atoms with E-state index in [1.807, 2.05) is 0 Å². The number of hydrogen-bond acceptors (Lipinski definition) is 5. The third-order valence-electron chi connectivity index (χ3n) is 2.18. The van der Waals surface area contributed by atoms with Gasteiger partial charge in [-0.25, -0.2) is 0 Å². The Labute approximate surface area is 75.3 Å². The summed E-state index contributed by atoms with van der Waals surface area (Å²) in [6, 6.07) is 0. The van der Waals surface area contributed by atoms with Gasteiger partial charge in [0, 0.05) is 19.3 Å². The van der Waals surface area contributed by atoms with Crippen LogP contribution < -0.4 is 0 Å². The van der Waals surface area contributed by atoms with Crippen LogP contribution in [0.2, 0.25) is 0 Å². The van der Waals surface area contributed by atoms with Crippen molar-refractivity contribution in [3.05, 3.63) is 0 Å². The Kier molecular flexibility index (Phi) is 2.68. The number of methoxy groups -OCH3 is 1. The standard InChI is InChI=1S/C8H12O5/c1-13-7(10)5-4-8(11,12)3-2-6(5)9/h5,11-12H,2-4H2,1H3. The number of hydrogen-bond donors (Lipinski definition) is 2. The molecule has 0 amide bonds. The molecule has 0 bridgehead atoms. The average molecular weight is 188 g/mol. The van der Waals surface area contributed by atoms with Gasteiger partial charge in [0.05, 0.1) is 7.11 Å². The smallest absolute Gasteiger partial charge is 0.316 e. The maximum absolute atomic E-state index is 11.2. The predicted octanol–water partition coefficient (Wildman–Crippen LogP) is -0.791. The lowest BCUT2D eigenvalue weighted by atomic mass is 9.84. The topological polar surface area (TPSA) is 83.8 Å². The van der Waals surface area contributed by atoms with Crippen molar-refractivity contribution >= 4 is 11.8 Å². The van der Waals surface area contributed by atoms with Gasteiger partial charge in [-0.3, -0.25) is 9.59 Å². The molecule has 1 fully saturated rings. The fraction of sp³-hybridized carbons (Fsp3) is 0.750. The van der Waals surface area contributed by atoms with Crippen LogP contribution in [0.1, 0.15) is 19.3 Å². The summed E-state index contributed by atoms with van der Waals surface area (Å²) in [5.41, 5.74) is 0. The predicted molar refractivity (Wildman–Crippen MR) is 41.5 cm³/mol. The van der Waals surface area contributed by atoms with Gasteiger partial charge in [-0.2, -0.15) is 0 Å². The number of esters is 1. The molecule has 13 heavy (non-hydrogen) atoms. The second-order valence-corrected chi connectivity index (χ2v) is 3.23. The highest BCUT2D eigenvalue weighted by atomic mass is 16.5. The maximum atomic E-state index is 11.2. The average Bonchev–Trinajstić information content (AvgIpc) is 2.08. The quantitative estimate of drug-likeness (QED) is 0.320. The van der Waals surface area contributed by atoms with Crippen molar-refractivity contribution in [1.82, 2.24) is 0 Å². The number of rotatable bonds is 1. The van der Waals surface area contributed by atoms with Gasteiger partial charge in [-0.1, -0.05) is 0 Å². The Morgan fingerprint density at radius 2 is 2.23 bits per heavy atom. The summed E-state index contributed by atoms with van der Waals surface area (Å²) in [6.07, 6.45) is -0.273. The molecule has 0 aromatic rings. The molecule has 0 spiro atoms. The first-order valence-electron chi connectivity index (χ1n) is 4.01. The number of ether oxygens (including phenoxy) is 1. The van der Waals surface area contributed by atoms with E-state index in [0.29, 0.717) is 0 Å². The zero-order valence-electron chi connectivity index (χ0n) is 7.32. The van der Waals surface area contributed by atoms with Crippen LogP contribution in [0.4, 0.5) is 0 Å². The number of ketones is 1. The van der Waals surface area contributed by atoms with Crippen LogP contribution in [-0.4, -0.2) is 34.9 Å². The van der Waals surface area contributed by atoms with Crippen molar-refractivity contribution in [2.24, 2.45) is 5.92 Å². The Morgan fingerprint density at radius 3 is 2.77 bits per heavy atom. The molecule has 0 heterocycles. The number of carbonyl (C=O) groups is 2. The molecule has 0 aromatic carbocycles. The monoisotopic (exact) mass is 188 g/mol. The molecule has 5 nitrogen and oxygen atoms in total. The van der Waals surface area contributed by atoms with Crippen molar-refractivity contribution in [3.63, 3.8) is 0 Å². The Balaban J connectivity index is 2.71. The van der Waals surface area contributed by atoms with Gasteiger partial charge in [-0.15, -0.1) is 0 Å². The molecule has 1 unspecified atom stereocenters. The van der Waals surface area contributed by atoms with Crippen LogP contribution in [-0.2, 0) is 14.3 Å². The number of aliphatic hydroxyl groups is 2. The van der Waals surface area contributed by atoms with Gasteiger partial charge >= 0.3 is 5.97 Å². The summed E-state index contributed by atoms with van der Waals surface area (Å²) in [6.45, 7) is 0. The highest BCUT2D eigenvalue weighted by molar-refractivity contribution is 5.99. The molecule has 1 aliphatic rings. The number of carbonyl (C=O) groups excluding carboxylic acids is 2. The minimum absolute atomic E-state index is 0.00671. The Morgan fingerprint density at radius 1 is 1.62 bits per heavy atom. The second-order valence-electron chi connectivity index (χ2n) is 3.23. The Hall–Kier alpha value is -0.940. The zero-order valence-corrected chi connectivity index (χ0v) is 7.32. The Bertz CT molecular complexity index is 225.